The van der Waals surface area contributed by atoms with E-state index in [1.54, 1.807) is 32.3 Å². The van der Waals surface area contributed by atoms with Gasteiger partial charge in [-0.2, -0.15) is 0 Å². The lowest BCUT2D eigenvalue weighted by Crippen LogP contribution is -2.31. The predicted molar refractivity (Wildman–Crippen MR) is 73.1 cm³/mol. The van der Waals surface area contributed by atoms with Crippen LogP contribution in [-0.2, 0) is 4.79 Å². The summed E-state index contributed by atoms with van der Waals surface area (Å²) in [6.45, 7) is 0.329. The molecule has 6 nitrogen and oxygen atoms in total. The first-order valence-corrected chi connectivity index (χ1v) is 5.89. The maximum absolute atomic E-state index is 12.2. The Morgan fingerprint density at radius 2 is 2.11 bits per heavy atom. The summed E-state index contributed by atoms with van der Waals surface area (Å²) in [6, 6.07) is 4.91. The van der Waals surface area contributed by atoms with E-state index in [4.69, 9.17) is 10.5 Å². The SMILES string of the molecule is CNC(=O)CCN(C)C(=O)c1cc(OC)ccc1N. The van der Waals surface area contributed by atoms with E-state index in [9.17, 15) is 9.59 Å². The molecular formula is C13H19N3O3. The van der Waals surface area contributed by atoms with Crippen molar-refractivity contribution in [2.24, 2.45) is 0 Å². The molecule has 2 amide bonds. The number of ether oxygens (including phenoxy) is 1. The van der Waals surface area contributed by atoms with Crippen LogP contribution >= 0.6 is 0 Å². The lowest BCUT2D eigenvalue weighted by Gasteiger charge is -2.18. The predicted octanol–water partition coefficient (Wildman–Crippen LogP) is 0.485. The largest absolute Gasteiger partial charge is 0.497 e. The second kappa shape index (κ2) is 6.63. The summed E-state index contributed by atoms with van der Waals surface area (Å²) in [6.07, 6.45) is 0.253. The molecule has 0 fully saturated rings. The number of nitrogens with two attached hydrogens (primary N) is 1. The van der Waals surface area contributed by atoms with Gasteiger partial charge in [-0.05, 0) is 18.2 Å². The highest BCUT2D eigenvalue weighted by Crippen LogP contribution is 2.20. The van der Waals surface area contributed by atoms with Crippen LogP contribution in [0.15, 0.2) is 18.2 Å². The van der Waals surface area contributed by atoms with Gasteiger partial charge in [-0.1, -0.05) is 0 Å². The van der Waals surface area contributed by atoms with Crippen molar-refractivity contribution in [1.29, 1.82) is 0 Å². The first-order valence-electron chi connectivity index (χ1n) is 5.89. The number of carbonyl (C=O) groups excluding carboxylic acids is 2. The Bertz CT molecular complexity index is 474. The number of carbonyl (C=O) groups is 2. The summed E-state index contributed by atoms with van der Waals surface area (Å²) in [7, 11) is 4.71. The van der Waals surface area contributed by atoms with E-state index in [1.165, 1.54) is 12.0 Å². The van der Waals surface area contributed by atoms with Crippen LogP contribution in [0.5, 0.6) is 5.75 Å². The molecule has 1 aromatic rings. The van der Waals surface area contributed by atoms with Crippen LogP contribution in [0.25, 0.3) is 0 Å². The van der Waals surface area contributed by atoms with Crippen molar-refractivity contribution in [1.82, 2.24) is 10.2 Å². The van der Waals surface area contributed by atoms with Crippen LogP contribution in [0.1, 0.15) is 16.8 Å². The highest BCUT2D eigenvalue weighted by Gasteiger charge is 2.16. The number of amides is 2. The summed E-state index contributed by atoms with van der Waals surface area (Å²) >= 11 is 0. The van der Waals surface area contributed by atoms with Crippen LogP contribution in [-0.4, -0.2) is 44.5 Å². The highest BCUT2D eigenvalue weighted by atomic mass is 16.5. The number of rotatable bonds is 5. The molecular weight excluding hydrogens is 246 g/mol. The minimum atomic E-state index is -0.236. The Labute approximate surface area is 112 Å². The number of hydrogen-bond donors (Lipinski definition) is 2. The lowest BCUT2D eigenvalue weighted by molar-refractivity contribution is -0.120. The molecule has 0 aromatic heterocycles. The summed E-state index contributed by atoms with van der Waals surface area (Å²) in [5, 5.41) is 2.51. The molecule has 0 heterocycles. The normalized spacial score (nSPS) is 9.84. The van der Waals surface area contributed by atoms with Crippen molar-refractivity contribution < 1.29 is 14.3 Å². The molecule has 0 unspecified atom stereocenters. The summed E-state index contributed by atoms with van der Waals surface area (Å²) < 4.78 is 5.06. The quantitative estimate of drug-likeness (QED) is 0.759. The zero-order chi connectivity index (χ0) is 14.4. The molecule has 19 heavy (non-hydrogen) atoms. The van der Waals surface area contributed by atoms with E-state index < -0.39 is 0 Å². The molecule has 0 bridgehead atoms. The highest BCUT2D eigenvalue weighted by molar-refractivity contribution is 5.99. The number of benzene rings is 1. The fourth-order valence-electron chi connectivity index (χ4n) is 1.55. The topological polar surface area (TPSA) is 84.7 Å². The zero-order valence-corrected chi connectivity index (χ0v) is 11.4. The Morgan fingerprint density at radius 1 is 1.42 bits per heavy atom. The van der Waals surface area contributed by atoms with Crippen molar-refractivity contribution in [3.05, 3.63) is 23.8 Å². The fourth-order valence-corrected chi connectivity index (χ4v) is 1.55. The van der Waals surface area contributed by atoms with Crippen molar-refractivity contribution in [3.63, 3.8) is 0 Å². The Morgan fingerprint density at radius 3 is 2.68 bits per heavy atom. The Hall–Kier alpha value is -2.24. The smallest absolute Gasteiger partial charge is 0.255 e. The molecule has 1 rings (SSSR count). The van der Waals surface area contributed by atoms with Gasteiger partial charge in [0.1, 0.15) is 5.75 Å². The average molecular weight is 265 g/mol. The van der Waals surface area contributed by atoms with Crippen LogP contribution in [0.4, 0.5) is 5.69 Å². The maximum Gasteiger partial charge on any atom is 0.255 e. The Kier molecular flexibility index (Phi) is 5.17. The van der Waals surface area contributed by atoms with Crippen LogP contribution in [0.3, 0.4) is 0 Å². The van der Waals surface area contributed by atoms with Gasteiger partial charge >= 0.3 is 0 Å². The fraction of sp³-hybridized carbons (Fsp3) is 0.385. The molecule has 1 aromatic carbocycles. The molecule has 0 radical (unpaired) electrons. The van der Waals surface area contributed by atoms with Gasteiger partial charge in [0.2, 0.25) is 5.91 Å². The van der Waals surface area contributed by atoms with Gasteiger partial charge in [-0.15, -0.1) is 0 Å². The number of hydrogen-bond acceptors (Lipinski definition) is 4. The molecule has 0 saturated carbocycles. The summed E-state index contributed by atoms with van der Waals surface area (Å²) in [5.41, 5.74) is 6.54. The minimum Gasteiger partial charge on any atom is -0.497 e. The van der Waals surface area contributed by atoms with Gasteiger partial charge in [0.15, 0.2) is 0 Å². The molecule has 0 spiro atoms. The molecule has 0 aliphatic heterocycles. The molecule has 104 valence electrons. The number of anilines is 1. The average Bonchev–Trinajstić information content (AvgIpc) is 2.44. The van der Waals surface area contributed by atoms with Gasteiger partial charge in [0.05, 0.1) is 12.7 Å². The maximum atomic E-state index is 12.2. The first kappa shape index (κ1) is 14.8. The van der Waals surface area contributed by atoms with E-state index in [2.05, 4.69) is 5.32 Å². The van der Waals surface area contributed by atoms with Crippen molar-refractivity contribution in [2.75, 3.05) is 33.5 Å². The second-order valence-corrected chi connectivity index (χ2v) is 4.10. The van der Waals surface area contributed by atoms with E-state index in [-0.39, 0.29) is 18.2 Å². The van der Waals surface area contributed by atoms with Gasteiger partial charge in [-0.25, -0.2) is 0 Å². The van der Waals surface area contributed by atoms with E-state index in [0.717, 1.165) is 0 Å². The van der Waals surface area contributed by atoms with Crippen molar-refractivity contribution in [2.45, 2.75) is 6.42 Å². The lowest BCUT2D eigenvalue weighted by atomic mass is 10.1. The van der Waals surface area contributed by atoms with Crippen LogP contribution in [0, 0.1) is 0 Å². The van der Waals surface area contributed by atoms with Gasteiger partial charge < -0.3 is 20.7 Å². The van der Waals surface area contributed by atoms with E-state index >= 15 is 0 Å². The first-order chi connectivity index (χ1) is 8.99. The van der Waals surface area contributed by atoms with Crippen molar-refractivity contribution in [3.8, 4) is 5.75 Å². The number of nitrogens with zero attached hydrogens (tertiary/aromatic N) is 1. The third kappa shape index (κ3) is 3.87. The molecule has 0 atom stereocenters. The summed E-state index contributed by atoms with van der Waals surface area (Å²) in [5.74, 6) is 0.218. The molecule has 3 N–H and O–H groups in total. The monoisotopic (exact) mass is 265 g/mol. The van der Waals surface area contributed by atoms with E-state index in [1.807, 2.05) is 0 Å². The minimum absolute atomic E-state index is 0.113. The van der Waals surface area contributed by atoms with Gasteiger partial charge in [0, 0.05) is 32.7 Å². The number of methoxy groups -OCH3 is 1. The molecule has 0 aliphatic carbocycles. The Balaban J connectivity index is 2.78. The van der Waals surface area contributed by atoms with Crippen LogP contribution < -0.4 is 15.8 Å². The van der Waals surface area contributed by atoms with Gasteiger partial charge in [-0.3, -0.25) is 9.59 Å². The van der Waals surface area contributed by atoms with E-state index in [0.29, 0.717) is 23.5 Å². The number of nitrogen functional groups attached to an aromatic ring is 1. The zero-order valence-electron chi connectivity index (χ0n) is 11.4. The standard InChI is InChI=1S/C13H19N3O3/c1-15-12(17)6-7-16(2)13(18)10-8-9(19-3)4-5-11(10)14/h4-5,8H,6-7,14H2,1-3H3,(H,15,17). The third-order valence-corrected chi connectivity index (χ3v) is 2.79. The van der Waals surface area contributed by atoms with Gasteiger partial charge in [0.25, 0.3) is 5.91 Å². The van der Waals surface area contributed by atoms with Crippen LogP contribution in [0.2, 0.25) is 0 Å². The molecule has 0 aliphatic rings. The summed E-state index contributed by atoms with van der Waals surface area (Å²) in [4.78, 5) is 24.8. The third-order valence-electron chi connectivity index (χ3n) is 2.79. The molecule has 6 heteroatoms. The van der Waals surface area contributed by atoms with Crippen molar-refractivity contribution >= 4 is 17.5 Å². The second-order valence-electron chi connectivity index (χ2n) is 4.10. The molecule has 0 saturated heterocycles. The number of nitrogens with one attached hydrogen (secondary N) is 1.